The zero-order valence-corrected chi connectivity index (χ0v) is 21.2. The molecule has 0 bridgehead atoms. The normalized spacial score (nSPS) is 11.5. The zero-order valence-electron chi connectivity index (χ0n) is 20.3. The highest BCUT2D eigenvalue weighted by molar-refractivity contribution is 7.90. The Morgan fingerprint density at radius 3 is 2.38 bits per heavy atom. The van der Waals surface area contributed by atoms with Crippen LogP contribution in [-0.2, 0) is 28.7 Å². The molecule has 0 fully saturated rings. The van der Waals surface area contributed by atoms with Gasteiger partial charge in [0.2, 0.25) is 0 Å². The molecule has 0 aliphatic heterocycles. The Morgan fingerprint density at radius 2 is 1.62 bits per heavy atom. The van der Waals surface area contributed by atoms with Crippen molar-refractivity contribution in [2.75, 3.05) is 0 Å². The van der Waals surface area contributed by atoms with Crippen LogP contribution >= 0.6 is 0 Å². The molecule has 8 heteroatoms. The Balaban J connectivity index is 1.42. The average molecular weight is 511 g/mol. The van der Waals surface area contributed by atoms with E-state index in [1.807, 2.05) is 66.1 Å². The number of benzene rings is 3. The molecule has 2 heterocycles. The van der Waals surface area contributed by atoms with Crippen molar-refractivity contribution in [3.63, 3.8) is 0 Å². The summed E-state index contributed by atoms with van der Waals surface area (Å²) in [5.41, 5.74) is 4.49. The molecule has 37 heavy (non-hydrogen) atoms. The first-order valence-corrected chi connectivity index (χ1v) is 13.6. The fraction of sp³-hybridized carbons (Fsp3) is 0.138. The fourth-order valence-corrected chi connectivity index (χ4v) is 5.73. The van der Waals surface area contributed by atoms with E-state index in [1.54, 1.807) is 42.6 Å². The lowest BCUT2D eigenvalue weighted by atomic mass is 10.1. The summed E-state index contributed by atoms with van der Waals surface area (Å²) < 4.78 is 28.1. The van der Waals surface area contributed by atoms with E-state index in [2.05, 4.69) is 15.3 Å². The summed E-state index contributed by atoms with van der Waals surface area (Å²) in [6, 6.07) is 27.0. The van der Waals surface area contributed by atoms with Crippen molar-refractivity contribution in [1.29, 1.82) is 0 Å². The van der Waals surface area contributed by atoms with Gasteiger partial charge in [0.15, 0.2) is 9.84 Å². The molecule has 0 aliphatic rings. The average Bonchev–Trinajstić information content (AvgIpc) is 3.23. The minimum absolute atomic E-state index is 0.0972. The van der Waals surface area contributed by atoms with E-state index in [0.29, 0.717) is 23.5 Å². The van der Waals surface area contributed by atoms with Crippen molar-refractivity contribution in [2.24, 2.45) is 0 Å². The summed E-state index contributed by atoms with van der Waals surface area (Å²) >= 11 is 0. The molecule has 186 valence electrons. The van der Waals surface area contributed by atoms with Crippen LogP contribution in [-0.4, -0.2) is 28.9 Å². The maximum Gasteiger partial charge on any atom is 0.251 e. The molecule has 1 N–H and O–H groups in total. The molecular formula is C29H26N4O3S. The maximum atomic E-state index is 13.1. The Kier molecular flexibility index (Phi) is 6.83. The van der Waals surface area contributed by atoms with Crippen molar-refractivity contribution >= 4 is 26.8 Å². The summed E-state index contributed by atoms with van der Waals surface area (Å²) in [5.74, 6) is 0.481. The maximum absolute atomic E-state index is 13.1. The van der Waals surface area contributed by atoms with Crippen molar-refractivity contribution in [3.05, 3.63) is 125 Å². The molecule has 0 atom stereocenters. The Labute approximate surface area is 215 Å². The molecule has 3 aromatic carbocycles. The number of hydrogen-bond donors (Lipinski definition) is 1. The molecule has 1 amide bonds. The van der Waals surface area contributed by atoms with Crippen molar-refractivity contribution in [2.45, 2.75) is 30.7 Å². The molecular weight excluding hydrogens is 484 g/mol. The third kappa shape index (κ3) is 5.44. The quantitative estimate of drug-likeness (QED) is 0.327. The summed E-state index contributed by atoms with van der Waals surface area (Å²) in [5, 5.41) is 2.91. The van der Waals surface area contributed by atoms with Gasteiger partial charge in [-0.1, -0.05) is 48.5 Å². The van der Waals surface area contributed by atoms with Gasteiger partial charge in [-0.05, 0) is 60.5 Å². The van der Waals surface area contributed by atoms with Gasteiger partial charge in [-0.25, -0.2) is 13.4 Å². The van der Waals surface area contributed by atoms with Crippen LogP contribution in [0.1, 0.15) is 33.0 Å². The van der Waals surface area contributed by atoms with Gasteiger partial charge in [-0.3, -0.25) is 9.78 Å². The van der Waals surface area contributed by atoms with Crippen molar-refractivity contribution in [3.8, 4) is 0 Å². The van der Waals surface area contributed by atoms with Crippen LogP contribution in [0.3, 0.4) is 0 Å². The van der Waals surface area contributed by atoms with Crippen LogP contribution in [0, 0.1) is 6.92 Å². The number of aryl methyl sites for hydroxylation is 1. The Bertz CT molecular complexity index is 1660. The highest BCUT2D eigenvalue weighted by Gasteiger charge is 2.18. The monoisotopic (exact) mass is 510 g/mol. The third-order valence-corrected chi connectivity index (χ3v) is 7.93. The molecule has 2 aromatic heterocycles. The lowest BCUT2D eigenvalue weighted by Crippen LogP contribution is -2.23. The van der Waals surface area contributed by atoms with E-state index in [1.165, 1.54) is 0 Å². The van der Waals surface area contributed by atoms with Crippen LogP contribution in [0.2, 0.25) is 0 Å². The zero-order chi connectivity index (χ0) is 25.8. The highest BCUT2D eigenvalue weighted by atomic mass is 32.2. The van der Waals surface area contributed by atoms with Gasteiger partial charge in [0.1, 0.15) is 5.82 Å². The van der Waals surface area contributed by atoms with E-state index in [9.17, 15) is 13.2 Å². The number of rotatable bonds is 8. The predicted octanol–water partition coefficient (Wildman–Crippen LogP) is 4.69. The Morgan fingerprint density at radius 1 is 0.892 bits per heavy atom. The number of amides is 1. The number of carbonyl (C=O) groups is 1. The van der Waals surface area contributed by atoms with Crippen LogP contribution < -0.4 is 5.32 Å². The molecule has 0 spiro atoms. The van der Waals surface area contributed by atoms with Gasteiger partial charge in [0.25, 0.3) is 5.91 Å². The highest BCUT2D eigenvalue weighted by Crippen LogP contribution is 2.23. The molecule has 0 saturated heterocycles. The van der Waals surface area contributed by atoms with Gasteiger partial charge in [-0.2, -0.15) is 0 Å². The largest absolute Gasteiger partial charge is 0.346 e. The van der Waals surface area contributed by atoms with E-state index in [4.69, 9.17) is 0 Å². The van der Waals surface area contributed by atoms with Crippen molar-refractivity contribution in [1.82, 2.24) is 19.9 Å². The van der Waals surface area contributed by atoms with Gasteiger partial charge in [-0.15, -0.1) is 0 Å². The molecule has 0 unspecified atom stereocenters. The number of fused-ring (bicyclic) bond motifs is 1. The summed E-state index contributed by atoms with van der Waals surface area (Å²) in [6.45, 7) is 2.67. The second kappa shape index (κ2) is 10.4. The fourth-order valence-electron chi connectivity index (χ4n) is 4.30. The summed E-state index contributed by atoms with van der Waals surface area (Å²) in [7, 11) is -3.50. The first-order valence-electron chi connectivity index (χ1n) is 11.9. The number of imidazole rings is 1. The molecule has 5 rings (SSSR count). The molecule has 0 saturated carbocycles. The number of sulfone groups is 1. The van der Waals surface area contributed by atoms with E-state index in [-0.39, 0.29) is 11.7 Å². The van der Waals surface area contributed by atoms with Gasteiger partial charge < -0.3 is 9.88 Å². The summed E-state index contributed by atoms with van der Waals surface area (Å²) in [4.78, 5) is 22.0. The molecule has 7 nitrogen and oxygen atoms in total. The van der Waals surface area contributed by atoms with Gasteiger partial charge in [0.05, 0.1) is 33.9 Å². The summed E-state index contributed by atoms with van der Waals surface area (Å²) in [6.07, 6.45) is 1.69. The number of aromatic nitrogens is 3. The van der Waals surface area contributed by atoms with E-state index >= 15 is 0 Å². The second-order valence-corrected chi connectivity index (χ2v) is 10.8. The second-order valence-electron chi connectivity index (χ2n) is 8.79. The predicted molar refractivity (Wildman–Crippen MR) is 143 cm³/mol. The smallest absolute Gasteiger partial charge is 0.251 e. The van der Waals surface area contributed by atoms with E-state index < -0.39 is 9.84 Å². The van der Waals surface area contributed by atoms with Crippen LogP contribution in [0.4, 0.5) is 0 Å². The topological polar surface area (TPSA) is 93.9 Å². The molecule has 0 aliphatic carbocycles. The van der Waals surface area contributed by atoms with Crippen LogP contribution in [0.15, 0.2) is 102 Å². The van der Waals surface area contributed by atoms with E-state index in [0.717, 1.165) is 33.7 Å². The van der Waals surface area contributed by atoms with Crippen LogP contribution in [0.25, 0.3) is 11.0 Å². The van der Waals surface area contributed by atoms with Gasteiger partial charge >= 0.3 is 0 Å². The SMILES string of the molecule is Cc1nc2ccc(C(=O)NCc3ccccn3)cc2n1Cc1ccccc1CS(=O)(=O)c1ccccc1. The standard InChI is InChI=1S/C29H26N4O3S/c1-21-32-27-15-14-22(29(34)31-18-25-11-7-8-16-30-25)17-28(27)33(21)19-23-9-5-6-10-24(23)20-37(35,36)26-12-3-2-4-13-26/h2-17H,18-20H2,1H3,(H,31,34). The number of hydrogen-bond acceptors (Lipinski definition) is 5. The molecule has 5 aromatic rings. The first kappa shape index (κ1) is 24.4. The lowest BCUT2D eigenvalue weighted by Gasteiger charge is -2.13. The number of nitrogens with one attached hydrogen (secondary N) is 1. The number of carbonyl (C=O) groups excluding carboxylic acids is 1. The first-order chi connectivity index (χ1) is 17.9. The third-order valence-electron chi connectivity index (χ3n) is 6.25. The minimum Gasteiger partial charge on any atom is -0.346 e. The Hall–Kier alpha value is -4.30. The minimum atomic E-state index is -3.50. The van der Waals surface area contributed by atoms with Gasteiger partial charge in [0, 0.05) is 18.3 Å². The lowest BCUT2D eigenvalue weighted by molar-refractivity contribution is 0.0950. The number of pyridine rings is 1. The number of nitrogens with zero attached hydrogens (tertiary/aromatic N) is 3. The van der Waals surface area contributed by atoms with Crippen LogP contribution in [0.5, 0.6) is 0 Å². The van der Waals surface area contributed by atoms with Crippen molar-refractivity contribution < 1.29 is 13.2 Å². The molecule has 0 radical (unpaired) electrons.